The Labute approximate surface area is 127 Å². The maximum atomic E-state index is 9.58. The van der Waals surface area contributed by atoms with Crippen LogP contribution in [0.4, 0.5) is 0 Å². The van der Waals surface area contributed by atoms with E-state index in [1.807, 2.05) is 13.0 Å². The van der Waals surface area contributed by atoms with Crippen molar-refractivity contribution in [2.75, 3.05) is 6.54 Å². The van der Waals surface area contributed by atoms with Crippen LogP contribution in [0.25, 0.3) is 0 Å². The third kappa shape index (κ3) is 5.05. The standard InChI is InChI=1S/C17H27N3O/c1-3-18-17(20-15-9-11-16(21)12-10-15)19-13(2)14-7-5-4-6-8-14/h4-8,13,15-16,21H,3,9-12H2,1-2H3,(H2,18,19,20). The second kappa shape index (κ2) is 8.03. The van der Waals surface area contributed by atoms with Gasteiger partial charge in [-0.3, -0.25) is 4.99 Å². The van der Waals surface area contributed by atoms with E-state index < -0.39 is 0 Å². The van der Waals surface area contributed by atoms with E-state index in [0.717, 1.165) is 38.2 Å². The molecule has 1 aliphatic carbocycles. The number of hydrogen-bond donors (Lipinski definition) is 3. The molecule has 1 atom stereocenters. The molecule has 0 bridgehead atoms. The molecule has 1 aliphatic rings. The van der Waals surface area contributed by atoms with E-state index in [-0.39, 0.29) is 12.1 Å². The molecule has 1 unspecified atom stereocenters. The molecule has 3 N–H and O–H groups in total. The quantitative estimate of drug-likeness (QED) is 0.590. The number of rotatable bonds is 4. The van der Waals surface area contributed by atoms with Crippen molar-refractivity contribution in [3.63, 3.8) is 0 Å². The fraction of sp³-hybridized carbons (Fsp3) is 0.588. The highest BCUT2D eigenvalue weighted by Gasteiger charge is 2.20. The molecule has 1 aromatic carbocycles. The van der Waals surface area contributed by atoms with Crippen molar-refractivity contribution in [1.82, 2.24) is 10.6 Å². The van der Waals surface area contributed by atoms with Crippen molar-refractivity contribution >= 4 is 5.96 Å². The molecular formula is C17H27N3O. The summed E-state index contributed by atoms with van der Waals surface area (Å²) in [6.45, 7) is 4.94. The Morgan fingerprint density at radius 3 is 2.52 bits per heavy atom. The number of aliphatic hydroxyl groups is 1. The summed E-state index contributed by atoms with van der Waals surface area (Å²) >= 11 is 0. The van der Waals surface area contributed by atoms with Gasteiger partial charge in [0.05, 0.1) is 12.1 Å². The van der Waals surface area contributed by atoms with Crippen molar-refractivity contribution in [1.29, 1.82) is 0 Å². The molecule has 21 heavy (non-hydrogen) atoms. The van der Waals surface area contributed by atoms with Crippen molar-refractivity contribution < 1.29 is 5.11 Å². The average Bonchev–Trinajstić information content (AvgIpc) is 2.50. The lowest BCUT2D eigenvalue weighted by Gasteiger charge is -2.29. The van der Waals surface area contributed by atoms with Crippen molar-refractivity contribution in [3.8, 4) is 0 Å². The summed E-state index contributed by atoms with van der Waals surface area (Å²) in [4.78, 5) is 4.53. The minimum Gasteiger partial charge on any atom is -0.393 e. The van der Waals surface area contributed by atoms with Gasteiger partial charge in [0.15, 0.2) is 5.96 Å². The first-order valence-corrected chi connectivity index (χ1v) is 7.99. The zero-order chi connectivity index (χ0) is 15.1. The largest absolute Gasteiger partial charge is 0.393 e. The molecule has 2 rings (SSSR count). The van der Waals surface area contributed by atoms with E-state index in [1.54, 1.807) is 0 Å². The van der Waals surface area contributed by atoms with Crippen molar-refractivity contribution in [2.24, 2.45) is 4.99 Å². The smallest absolute Gasteiger partial charge is 0.191 e. The van der Waals surface area contributed by atoms with Crippen LogP contribution in [0.1, 0.15) is 51.1 Å². The summed E-state index contributed by atoms with van der Waals surface area (Å²) in [5, 5.41) is 16.6. The zero-order valence-electron chi connectivity index (χ0n) is 13.0. The predicted octanol–water partition coefficient (Wildman–Crippen LogP) is 2.61. The number of nitrogens with one attached hydrogen (secondary N) is 2. The summed E-state index contributed by atoms with van der Waals surface area (Å²) in [6, 6.07) is 11.0. The van der Waals surface area contributed by atoms with E-state index in [2.05, 4.69) is 46.8 Å². The predicted molar refractivity (Wildman–Crippen MR) is 87.4 cm³/mol. The lowest BCUT2D eigenvalue weighted by Crippen LogP contribution is -2.46. The van der Waals surface area contributed by atoms with Crippen LogP contribution >= 0.6 is 0 Å². The van der Waals surface area contributed by atoms with Crippen molar-refractivity contribution in [2.45, 2.75) is 57.7 Å². The second-order valence-corrected chi connectivity index (χ2v) is 5.75. The SMILES string of the molecule is CCN=C(NC1CCC(O)CC1)NC(C)c1ccccc1. The summed E-state index contributed by atoms with van der Waals surface area (Å²) in [7, 11) is 0. The highest BCUT2D eigenvalue weighted by atomic mass is 16.3. The molecule has 1 saturated carbocycles. The van der Waals surface area contributed by atoms with Gasteiger partial charge in [-0.15, -0.1) is 0 Å². The van der Waals surface area contributed by atoms with Crippen LogP contribution in [0.5, 0.6) is 0 Å². The highest BCUT2D eigenvalue weighted by Crippen LogP contribution is 2.18. The summed E-state index contributed by atoms with van der Waals surface area (Å²) in [6.07, 6.45) is 3.65. The van der Waals surface area contributed by atoms with Crippen LogP contribution in [-0.4, -0.2) is 29.8 Å². The Bertz CT molecular complexity index is 439. The van der Waals surface area contributed by atoms with Crippen LogP contribution in [0.3, 0.4) is 0 Å². The van der Waals surface area contributed by atoms with E-state index >= 15 is 0 Å². The first-order chi connectivity index (χ1) is 10.2. The Balaban J connectivity index is 1.92. The number of aliphatic hydroxyl groups excluding tert-OH is 1. The number of guanidine groups is 1. The lowest BCUT2D eigenvalue weighted by atomic mass is 9.93. The fourth-order valence-corrected chi connectivity index (χ4v) is 2.73. The van der Waals surface area contributed by atoms with Gasteiger partial charge in [0.25, 0.3) is 0 Å². The molecule has 0 amide bonds. The molecule has 116 valence electrons. The van der Waals surface area contributed by atoms with Gasteiger partial charge < -0.3 is 15.7 Å². The van der Waals surface area contributed by atoms with Gasteiger partial charge in [-0.2, -0.15) is 0 Å². The fourth-order valence-electron chi connectivity index (χ4n) is 2.73. The van der Waals surface area contributed by atoms with E-state index in [4.69, 9.17) is 0 Å². The molecule has 1 fully saturated rings. The third-order valence-electron chi connectivity index (χ3n) is 4.01. The molecule has 0 aliphatic heterocycles. The molecule has 0 radical (unpaired) electrons. The lowest BCUT2D eigenvalue weighted by molar-refractivity contribution is 0.120. The zero-order valence-corrected chi connectivity index (χ0v) is 13.0. The number of hydrogen-bond acceptors (Lipinski definition) is 2. The van der Waals surface area contributed by atoms with Crippen LogP contribution in [-0.2, 0) is 0 Å². The van der Waals surface area contributed by atoms with Crippen LogP contribution < -0.4 is 10.6 Å². The summed E-state index contributed by atoms with van der Waals surface area (Å²) in [5.41, 5.74) is 1.25. The third-order valence-corrected chi connectivity index (χ3v) is 4.01. The number of nitrogens with zero attached hydrogens (tertiary/aromatic N) is 1. The highest BCUT2D eigenvalue weighted by molar-refractivity contribution is 5.80. The Kier molecular flexibility index (Phi) is 6.05. The monoisotopic (exact) mass is 289 g/mol. The van der Waals surface area contributed by atoms with Crippen LogP contribution in [0.2, 0.25) is 0 Å². The molecule has 0 spiro atoms. The van der Waals surface area contributed by atoms with Crippen LogP contribution in [0.15, 0.2) is 35.3 Å². The first-order valence-electron chi connectivity index (χ1n) is 7.99. The molecule has 0 aromatic heterocycles. The maximum absolute atomic E-state index is 9.58. The minimum atomic E-state index is -0.120. The van der Waals surface area contributed by atoms with Gasteiger partial charge in [-0.1, -0.05) is 30.3 Å². The van der Waals surface area contributed by atoms with Gasteiger partial charge in [0.2, 0.25) is 0 Å². The van der Waals surface area contributed by atoms with Gasteiger partial charge in [-0.25, -0.2) is 0 Å². The van der Waals surface area contributed by atoms with E-state index in [1.165, 1.54) is 5.56 Å². The summed E-state index contributed by atoms with van der Waals surface area (Å²) in [5.74, 6) is 0.871. The average molecular weight is 289 g/mol. The normalized spacial score (nSPS) is 24.4. The Morgan fingerprint density at radius 2 is 1.90 bits per heavy atom. The van der Waals surface area contributed by atoms with Gasteiger partial charge in [0, 0.05) is 12.6 Å². The van der Waals surface area contributed by atoms with Gasteiger partial charge >= 0.3 is 0 Å². The van der Waals surface area contributed by atoms with E-state index in [0.29, 0.717) is 6.04 Å². The Morgan fingerprint density at radius 1 is 1.24 bits per heavy atom. The minimum absolute atomic E-state index is 0.120. The molecule has 4 nitrogen and oxygen atoms in total. The van der Waals surface area contributed by atoms with Gasteiger partial charge in [-0.05, 0) is 45.1 Å². The first kappa shape index (κ1) is 15.8. The molecule has 0 heterocycles. The molecular weight excluding hydrogens is 262 g/mol. The topological polar surface area (TPSA) is 56.7 Å². The van der Waals surface area contributed by atoms with E-state index in [9.17, 15) is 5.11 Å². The van der Waals surface area contributed by atoms with Crippen molar-refractivity contribution in [3.05, 3.63) is 35.9 Å². The molecule has 0 saturated heterocycles. The maximum Gasteiger partial charge on any atom is 0.191 e. The molecule has 1 aromatic rings. The Hall–Kier alpha value is -1.55. The van der Waals surface area contributed by atoms with Crippen LogP contribution in [0, 0.1) is 0 Å². The van der Waals surface area contributed by atoms with Gasteiger partial charge in [0.1, 0.15) is 0 Å². The number of aliphatic imine (C=N–C) groups is 1. The summed E-state index contributed by atoms with van der Waals surface area (Å²) < 4.78 is 0. The number of benzene rings is 1. The second-order valence-electron chi connectivity index (χ2n) is 5.75. The molecule has 4 heteroatoms.